The Morgan fingerprint density at radius 1 is 1.09 bits per heavy atom. The van der Waals surface area contributed by atoms with Crippen molar-refractivity contribution in [2.45, 2.75) is 13.3 Å². The van der Waals surface area contributed by atoms with Gasteiger partial charge < -0.3 is 8.92 Å². The third kappa shape index (κ3) is 5.01. The monoisotopic (exact) mass is 331 g/mol. The molecule has 0 atom stereocenters. The van der Waals surface area contributed by atoms with Crippen LogP contribution < -0.4 is 8.92 Å². The van der Waals surface area contributed by atoms with E-state index in [2.05, 4.69) is 0 Å². The van der Waals surface area contributed by atoms with Gasteiger partial charge in [0.25, 0.3) is 0 Å². The van der Waals surface area contributed by atoms with Crippen LogP contribution >= 0.6 is 0 Å². The molecular formula is C17H17NO4S. The fourth-order valence-electron chi connectivity index (χ4n) is 1.98. The molecule has 0 fully saturated rings. The van der Waals surface area contributed by atoms with Crippen LogP contribution in [0.5, 0.6) is 11.5 Å². The van der Waals surface area contributed by atoms with Crippen LogP contribution in [-0.4, -0.2) is 20.8 Å². The van der Waals surface area contributed by atoms with Crippen LogP contribution in [0.1, 0.15) is 18.1 Å². The highest BCUT2D eigenvalue weighted by Gasteiger charge is 2.17. The van der Waals surface area contributed by atoms with Crippen LogP contribution in [0.3, 0.4) is 0 Å². The molecule has 0 aromatic heterocycles. The Morgan fingerprint density at radius 2 is 1.83 bits per heavy atom. The standard InChI is InChI=1S/C17H17NO4S/c1-2-21-17-12-15(13-18)8-9-16(17)22-23(19,20)11-10-14-6-4-3-5-7-14/h3-9,12H,2,10-11H2,1H3. The van der Waals surface area contributed by atoms with Gasteiger partial charge in [-0.1, -0.05) is 30.3 Å². The fraction of sp³-hybridized carbons (Fsp3) is 0.235. The SMILES string of the molecule is CCOc1cc(C#N)ccc1OS(=O)(=O)CCc1ccccc1. The summed E-state index contributed by atoms with van der Waals surface area (Å²) in [7, 11) is -3.76. The van der Waals surface area contributed by atoms with Crippen molar-refractivity contribution in [2.24, 2.45) is 0 Å². The van der Waals surface area contributed by atoms with Crippen molar-refractivity contribution in [3.8, 4) is 17.6 Å². The summed E-state index contributed by atoms with van der Waals surface area (Å²) in [6.45, 7) is 2.11. The van der Waals surface area contributed by atoms with Gasteiger partial charge in [-0.3, -0.25) is 0 Å². The molecule has 0 radical (unpaired) electrons. The van der Waals surface area contributed by atoms with E-state index in [9.17, 15) is 8.42 Å². The van der Waals surface area contributed by atoms with Crippen molar-refractivity contribution in [1.29, 1.82) is 5.26 Å². The molecule has 2 aromatic carbocycles. The molecule has 0 saturated heterocycles. The molecule has 0 aliphatic rings. The van der Waals surface area contributed by atoms with Gasteiger partial charge in [0, 0.05) is 6.07 Å². The molecule has 2 rings (SSSR count). The van der Waals surface area contributed by atoms with Crippen LogP contribution in [0.15, 0.2) is 48.5 Å². The number of nitrogens with zero attached hydrogens (tertiary/aromatic N) is 1. The van der Waals surface area contributed by atoms with Crippen molar-refractivity contribution in [2.75, 3.05) is 12.4 Å². The molecule has 0 heterocycles. The first-order valence-corrected chi connectivity index (χ1v) is 8.75. The zero-order chi connectivity index (χ0) is 16.7. The van der Waals surface area contributed by atoms with Gasteiger partial charge in [0.05, 0.1) is 24.0 Å². The van der Waals surface area contributed by atoms with Gasteiger partial charge in [-0.25, -0.2) is 0 Å². The summed E-state index contributed by atoms with van der Waals surface area (Å²) in [5, 5.41) is 8.90. The van der Waals surface area contributed by atoms with Crippen molar-refractivity contribution in [3.05, 3.63) is 59.7 Å². The number of aryl methyl sites for hydroxylation is 1. The predicted octanol–water partition coefficient (Wildman–Crippen LogP) is 2.91. The first-order valence-electron chi connectivity index (χ1n) is 7.17. The Balaban J connectivity index is 2.12. The minimum atomic E-state index is -3.76. The van der Waals surface area contributed by atoms with Gasteiger partial charge in [-0.05, 0) is 31.0 Å². The van der Waals surface area contributed by atoms with Crippen LogP contribution in [0.2, 0.25) is 0 Å². The molecule has 120 valence electrons. The molecule has 0 aliphatic heterocycles. The van der Waals surface area contributed by atoms with E-state index >= 15 is 0 Å². The van der Waals surface area contributed by atoms with E-state index in [-0.39, 0.29) is 17.3 Å². The second-order valence-corrected chi connectivity index (χ2v) is 6.48. The van der Waals surface area contributed by atoms with Gasteiger partial charge in [0.15, 0.2) is 11.5 Å². The summed E-state index contributed by atoms with van der Waals surface area (Å²) in [6, 6.07) is 15.7. The molecule has 6 heteroatoms. The molecule has 0 bridgehead atoms. The average Bonchev–Trinajstić information content (AvgIpc) is 2.56. The third-order valence-corrected chi connectivity index (χ3v) is 4.21. The van der Waals surface area contributed by atoms with Crippen molar-refractivity contribution >= 4 is 10.1 Å². The summed E-state index contributed by atoms with van der Waals surface area (Å²) < 4.78 is 34.8. The number of benzene rings is 2. The quantitative estimate of drug-likeness (QED) is 0.729. The van der Waals surface area contributed by atoms with Gasteiger partial charge in [-0.15, -0.1) is 0 Å². The molecule has 0 amide bonds. The van der Waals surface area contributed by atoms with Crippen LogP contribution in [-0.2, 0) is 16.5 Å². The van der Waals surface area contributed by atoms with Crippen molar-refractivity contribution < 1.29 is 17.3 Å². The van der Waals surface area contributed by atoms with Gasteiger partial charge >= 0.3 is 10.1 Å². The Hall–Kier alpha value is -2.52. The lowest BCUT2D eigenvalue weighted by molar-refractivity contribution is 0.327. The summed E-state index contributed by atoms with van der Waals surface area (Å²) in [6.07, 6.45) is 0.365. The molecule has 0 spiro atoms. The molecule has 23 heavy (non-hydrogen) atoms. The van der Waals surface area contributed by atoms with Gasteiger partial charge in [0.1, 0.15) is 0 Å². The van der Waals surface area contributed by atoms with Crippen molar-refractivity contribution in [1.82, 2.24) is 0 Å². The Kier molecular flexibility index (Phi) is 5.61. The fourth-order valence-corrected chi connectivity index (χ4v) is 2.96. The predicted molar refractivity (Wildman–Crippen MR) is 86.9 cm³/mol. The number of ether oxygens (including phenoxy) is 1. The molecule has 0 saturated carbocycles. The first-order chi connectivity index (χ1) is 11.0. The second kappa shape index (κ2) is 7.65. The maximum Gasteiger partial charge on any atom is 0.309 e. The summed E-state index contributed by atoms with van der Waals surface area (Å²) in [4.78, 5) is 0. The maximum atomic E-state index is 12.1. The number of hydrogen-bond acceptors (Lipinski definition) is 5. The Bertz CT molecular complexity index is 795. The molecular weight excluding hydrogens is 314 g/mol. The van der Waals surface area contributed by atoms with E-state index in [1.807, 2.05) is 36.4 Å². The highest BCUT2D eigenvalue weighted by atomic mass is 32.2. The lowest BCUT2D eigenvalue weighted by Gasteiger charge is -2.12. The molecule has 5 nitrogen and oxygen atoms in total. The normalized spacial score (nSPS) is 10.8. The topological polar surface area (TPSA) is 76.4 Å². The zero-order valence-corrected chi connectivity index (χ0v) is 13.5. The summed E-state index contributed by atoms with van der Waals surface area (Å²) in [5.41, 5.74) is 1.30. The molecule has 2 aromatic rings. The van der Waals surface area contributed by atoms with E-state index in [4.69, 9.17) is 14.2 Å². The average molecular weight is 331 g/mol. The number of nitriles is 1. The highest BCUT2D eigenvalue weighted by molar-refractivity contribution is 7.87. The number of rotatable bonds is 7. The Labute approximate surface area is 136 Å². The van der Waals surface area contributed by atoms with E-state index in [0.717, 1.165) is 5.56 Å². The largest absolute Gasteiger partial charge is 0.490 e. The van der Waals surface area contributed by atoms with Crippen molar-refractivity contribution in [3.63, 3.8) is 0 Å². The Morgan fingerprint density at radius 3 is 2.48 bits per heavy atom. The lowest BCUT2D eigenvalue weighted by atomic mass is 10.2. The highest BCUT2D eigenvalue weighted by Crippen LogP contribution is 2.29. The molecule has 0 unspecified atom stereocenters. The molecule has 0 aliphatic carbocycles. The zero-order valence-electron chi connectivity index (χ0n) is 12.7. The van der Waals surface area contributed by atoms with Crippen LogP contribution in [0.25, 0.3) is 0 Å². The van der Waals surface area contributed by atoms with Gasteiger partial charge in [0.2, 0.25) is 0 Å². The van der Waals surface area contributed by atoms with E-state index in [1.165, 1.54) is 18.2 Å². The minimum absolute atomic E-state index is 0.0962. The summed E-state index contributed by atoms with van der Waals surface area (Å²) in [5.74, 6) is 0.205. The number of hydrogen-bond donors (Lipinski definition) is 0. The lowest BCUT2D eigenvalue weighted by Crippen LogP contribution is -2.16. The van der Waals surface area contributed by atoms with Crippen LogP contribution in [0, 0.1) is 11.3 Å². The van der Waals surface area contributed by atoms with E-state index < -0.39 is 10.1 Å². The van der Waals surface area contributed by atoms with E-state index in [1.54, 1.807) is 6.92 Å². The third-order valence-electron chi connectivity index (χ3n) is 3.07. The van der Waals surface area contributed by atoms with E-state index in [0.29, 0.717) is 18.6 Å². The maximum absolute atomic E-state index is 12.1. The first kappa shape index (κ1) is 16.8. The second-order valence-electron chi connectivity index (χ2n) is 4.79. The van der Waals surface area contributed by atoms with Gasteiger partial charge in [-0.2, -0.15) is 13.7 Å². The molecule has 0 N–H and O–H groups in total. The smallest absolute Gasteiger partial charge is 0.309 e. The summed E-state index contributed by atoms with van der Waals surface area (Å²) >= 11 is 0. The van der Waals surface area contributed by atoms with Crippen LogP contribution in [0.4, 0.5) is 0 Å². The minimum Gasteiger partial charge on any atom is -0.490 e.